The Bertz CT molecular complexity index is 2180. The SMILES string of the molecule is Cc1c(F)ccc(N(C2CCCN2[C@@](C(N)=O)(C(=O)OC(N)=O)C2(C)CCc3cccc2c3)C2CCCN2[C@@](C(N)=O)(C(=O)OC(N)=O)C2(C)CCc3cccc2c3)c1C. The number of aryl methyl sites for hydroxylation is 2. The fraction of sp³-hybridized carbons (Fsp3) is 0.455. The number of likely N-dealkylation sites (tertiary alicyclic amines) is 2. The Morgan fingerprint density at radius 2 is 1.12 bits per heavy atom. The molecule has 2 aliphatic heterocycles. The van der Waals surface area contributed by atoms with Gasteiger partial charge in [0.05, 0.1) is 12.3 Å². The van der Waals surface area contributed by atoms with Crippen LogP contribution in [0.25, 0.3) is 0 Å². The highest BCUT2D eigenvalue weighted by molar-refractivity contribution is 6.12. The fourth-order valence-corrected chi connectivity index (χ4v) is 11.1. The summed E-state index contributed by atoms with van der Waals surface area (Å²) in [5.41, 5.74) is 20.8. The normalized spacial score (nSPS) is 25.7. The molecule has 6 atom stereocenters. The lowest BCUT2D eigenvalue weighted by molar-refractivity contribution is -0.166. The van der Waals surface area contributed by atoms with Crippen LogP contribution in [0.15, 0.2) is 60.7 Å². The molecular formula is C44H52FN7O8. The summed E-state index contributed by atoms with van der Waals surface area (Å²) >= 11 is 0. The molecular weight excluding hydrogens is 774 g/mol. The number of nitrogens with zero attached hydrogens (tertiary/aromatic N) is 3. The van der Waals surface area contributed by atoms with Gasteiger partial charge in [-0.15, -0.1) is 0 Å². The second-order valence-corrected chi connectivity index (χ2v) is 17.0. The third-order valence-electron chi connectivity index (χ3n) is 14.2. The number of esters is 2. The number of carbonyl (C=O) groups is 6. The molecule has 0 radical (unpaired) electrons. The first kappa shape index (κ1) is 42.3. The van der Waals surface area contributed by atoms with Crippen molar-refractivity contribution in [1.29, 1.82) is 0 Å². The minimum Gasteiger partial charge on any atom is -0.375 e. The molecule has 60 heavy (non-hydrogen) atoms. The van der Waals surface area contributed by atoms with Crippen molar-refractivity contribution in [2.45, 2.75) is 113 Å². The lowest BCUT2D eigenvalue weighted by Gasteiger charge is -2.57. The molecule has 4 bridgehead atoms. The Morgan fingerprint density at radius 1 is 0.683 bits per heavy atom. The van der Waals surface area contributed by atoms with Crippen LogP contribution >= 0.6 is 0 Å². The van der Waals surface area contributed by atoms with E-state index in [1.807, 2.05) is 41.3 Å². The van der Waals surface area contributed by atoms with E-state index in [9.17, 15) is 28.8 Å². The number of rotatable bonds is 11. The first-order valence-corrected chi connectivity index (χ1v) is 20.3. The molecule has 2 fully saturated rings. The molecule has 3 aromatic carbocycles. The summed E-state index contributed by atoms with van der Waals surface area (Å²) in [6.45, 7) is 7.01. The topological polar surface area (TPSA) is 235 Å². The number of benzene rings is 3. The third-order valence-corrected chi connectivity index (χ3v) is 14.2. The second-order valence-electron chi connectivity index (χ2n) is 17.0. The van der Waals surface area contributed by atoms with E-state index in [-0.39, 0.29) is 38.8 Å². The molecule has 0 saturated carbocycles. The standard InChI is InChI=1S/C44H52FN7O8/c1-25-26(2)32(16-15-31(25)45)52(33-13-7-21-50(33)43(35(46)53,37(55)59-39(48)57)41(3)19-17-27-9-5-11-29(41)23-27)34-14-8-22-51(34)44(36(47)54,38(56)60-40(49)58)42(4)20-18-28-10-6-12-30(42)24-28/h5-6,9-12,15-16,23-24,33-34H,7-8,13-14,17-22H2,1-4H3,(H2,46,53)(H2,47,54)(H2,48,57)(H2,49,58)/t33?,34?,41?,42?,43-,44-/m0/s1. The summed E-state index contributed by atoms with van der Waals surface area (Å²) in [5, 5.41) is 0. The van der Waals surface area contributed by atoms with Crippen molar-refractivity contribution >= 4 is 41.6 Å². The van der Waals surface area contributed by atoms with Gasteiger partial charge < -0.3 is 37.3 Å². The molecule has 2 saturated heterocycles. The van der Waals surface area contributed by atoms with Crippen LogP contribution in [0, 0.1) is 19.7 Å². The van der Waals surface area contributed by atoms with E-state index in [0.29, 0.717) is 53.6 Å². The minimum atomic E-state index is -2.37. The molecule has 2 heterocycles. The average molecular weight is 826 g/mol. The summed E-state index contributed by atoms with van der Waals surface area (Å²) in [5.74, 6) is -5.18. The maximum atomic E-state index is 15.4. The van der Waals surface area contributed by atoms with Gasteiger partial charge in [0.25, 0.3) is 11.8 Å². The summed E-state index contributed by atoms with van der Waals surface area (Å²) in [7, 11) is 0. The maximum absolute atomic E-state index is 15.4. The largest absolute Gasteiger partial charge is 0.412 e. The minimum absolute atomic E-state index is 0.0916. The van der Waals surface area contributed by atoms with Crippen molar-refractivity contribution in [2.75, 3.05) is 18.0 Å². The van der Waals surface area contributed by atoms with E-state index < -0.39 is 76.0 Å². The predicted octanol–water partition coefficient (Wildman–Crippen LogP) is 3.59. The number of nitrogens with two attached hydrogens (primary N) is 4. The van der Waals surface area contributed by atoms with Gasteiger partial charge in [0.1, 0.15) is 5.82 Å². The maximum Gasteiger partial charge on any atom is 0.412 e. The van der Waals surface area contributed by atoms with Crippen LogP contribution in [0.2, 0.25) is 0 Å². The van der Waals surface area contributed by atoms with Crippen molar-refractivity contribution in [3.63, 3.8) is 0 Å². The Balaban J connectivity index is 1.50. The first-order valence-electron chi connectivity index (χ1n) is 20.3. The van der Waals surface area contributed by atoms with Gasteiger partial charge in [0, 0.05) is 29.6 Å². The molecule has 2 aliphatic carbocycles. The fourth-order valence-electron chi connectivity index (χ4n) is 11.1. The number of primary amides is 4. The monoisotopic (exact) mass is 825 g/mol. The number of ether oxygens (including phenoxy) is 2. The van der Waals surface area contributed by atoms with Crippen molar-refractivity contribution in [3.8, 4) is 0 Å². The van der Waals surface area contributed by atoms with E-state index in [1.54, 1.807) is 55.7 Å². The van der Waals surface area contributed by atoms with Gasteiger partial charge in [0.15, 0.2) is 0 Å². The third kappa shape index (κ3) is 6.13. The molecule has 0 aromatic heterocycles. The zero-order chi connectivity index (χ0) is 43.5. The highest BCUT2D eigenvalue weighted by atomic mass is 19.1. The van der Waals surface area contributed by atoms with Gasteiger partial charge >= 0.3 is 24.1 Å². The zero-order valence-electron chi connectivity index (χ0n) is 34.3. The van der Waals surface area contributed by atoms with Gasteiger partial charge in [-0.3, -0.25) is 19.4 Å². The van der Waals surface area contributed by atoms with Crippen LogP contribution in [0.1, 0.15) is 85.8 Å². The zero-order valence-corrected chi connectivity index (χ0v) is 34.3. The Labute approximate surface area is 347 Å². The van der Waals surface area contributed by atoms with Crippen molar-refractivity contribution < 1.29 is 42.6 Å². The molecule has 318 valence electrons. The van der Waals surface area contributed by atoms with Gasteiger partial charge in [-0.1, -0.05) is 62.4 Å². The van der Waals surface area contributed by atoms with Gasteiger partial charge in [-0.2, -0.15) is 0 Å². The van der Waals surface area contributed by atoms with Crippen LogP contribution in [0.4, 0.5) is 19.7 Å². The smallest absolute Gasteiger partial charge is 0.375 e. The highest BCUT2D eigenvalue weighted by Gasteiger charge is 2.70. The Kier molecular flexibility index (Phi) is 10.8. The molecule has 7 rings (SSSR count). The average Bonchev–Trinajstić information content (AvgIpc) is 3.87. The van der Waals surface area contributed by atoms with Crippen LogP contribution in [-0.4, -0.2) is 82.2 Å². The molecule has 15 nitrogen and oxygen atoms in total. The van der Waals surface area contributed by atoms with Crippen LogP contribution < -0.4 is 27.8 Å². The number of carbonyl (C=O) groups excluding carboxylic acids is 6. The van der Waals surface area contributed by atoms with Gasteiger partial charge in [0.2, 0.25) is 11.1 Å². The number of fused-ring (bicyclic) bond motifs is 4. The van der Waals surface area contributed by atoms with E-state index in [0.717, 1.165) is 11.1 Å². The van der Waals surface area contributed by atoms with Crippen LogP contribution in [0.5, 0.6) is 0 Å². The van der Waals surface area contributed by atoms with E-state index in [4.69, 9.17) is 32.4 Å². The molecule has 16 heteroatoms. The van der Waals surface area contributed by atoms with Gasteiger partial charge in [-0.05, 0) is 111 Å². The summed E-state index contributed by atoms with van der Waals surface area (Å²) in [6, 6.07) is 17.7. The number of hydrogen-bond acceptors (Lipinski definition) is 11. The first-order chi connectivity index (χ1) is 28.4. The molecule has 0 spiro atoms. The lowest BCUT2D eigenvalue weighted by atomic mass is 9.59. The van der Waals surface area contributed by atoms with Crippen molar-refractivity contribution in [1.82, 2.24) is 9.80 Å². The molecule has 8 N–H and O–H groups in total. The molecule has 3 aromatic rings. The molecule has 4 unspecified atom stereocenters. The number of anilines is 1. The highest BCUT2D eigenvalue weighted by Crippen LogP contribution is 2.53. The van der Waals surface area contributed by atoms with E-state index in [1.165, 1.54) is 6.07 Å². The van der Waals surface area contributed by atoms with Crippen LogP contribution in [-0.2, 0) is 52.3 Å². The lowest BCUT2D eigenvalue weighted by Crippen LogP contribution is -2.78. The number of hydrogen-bond donors (Lipinski definition) is 4. The van der Waals surface area contributed by atoms with Crippen molar-refractivity contribution in [2.24, 2.45) is 22.9 Å². The van der Waals surface area contributed by atoms with Crippen LogP contribution in [0.3, 0.4) is 0 Å². The summed E-state index contributed by atoms with van der Waals surface area (Å²) < 4.78 is 25.8. The predicted molar refractivity (Wildman–Crippen MR) is 217 cm³/mol. The summed E-state index contributed by atoms with van der Waals surface area (Å²) in [4.78, 5) is 88.8. The quantitative estimate of drug-likeness (QED) is 0.161. The Hall–Kier alpha value is -5.87. The summed E-state index contributed by atoms with van der Waals surface area (Å²) in [6.07, 6.45) is -2.00. The molecule has 4 amide bonds. The second kappa shape index (κ2) is 15.3. The number of amides is 4. The van der Waals surface area contributed by atoms with Crippen molar-refractivity contribution in [3.05, 3.63) is 99.9 Å². The van der Waals surface area contributed by atoms with E-state index >= 15 is 4.39 Å². The molecule has 4 aliphatic rings. The Morgan fingerprint density at radius 3 is 1.52 bits per heavy atom. The van der Waals surface area contributed by atoms with Gasteiger partial charge in [-0.25, -0.2) is 23.6 Å². The number of halogens is 1. The van der Waals surface area contributed by atoms with E-state index in [2.05, 4.69) is 0 Å².